The second kappa shape index (κ2) is 8.30. The van der Waals surface area contributed by atoms with Gasteiger partial charge in [0.05, 0.1) is 13.2 Å². The van der Waals surface area contributed by atoms with Crippen molar-refractivity contribution in [2.24, 2.45) is 0 Å². The minimum absolute atomic E-state index is 0.0212. The summed E-state index contributed by atoms with van der Waals surface area (Å²) in [6.07, 6.45) is 2.51. The largest absolute Gasteiger partial charge is 0.378 e. The zero-order valence-electron chi connectivity index (χ0n) is 13.7. The van der Waals surface area contributed by atoms with Crippen LogP contribution in [0.2, 0.25) is 0 Å². The van der Waals surface area contributed by atoms with Gasteiger partial charge in [-0.2, -0.15) is 0 Å². The lowest BCUT2D eigenvalue weighted by Gasteiger charge is -2.33. The van der Waals surface area contributed by atoms with Gasteiger partial charge in [0.15, 0.2) is 0 Å². The monoisotopic (exact) mass is 304 g/mol. The van der Waals surface area contributed by atoms with Gasteiger partial charge in [0.25, 0.3) is 0 Å². The van der Waals surface area contributed by atoms with E-state index in [1.807, 2.05) is 6.07 Å². The molecule has 0 aliphatic carbocycles. The summed E-state index contributed by atoms with van der Waals surface area (Å²) in [6, 6.07) is 10.6. The van der Waals surface area contributed by atoms with Gasteiger partial charge in [-0.25, -0.2) is 0 Å². The van der Waals surface area contributed by atoms with E-state index in [0.717, 1.165) is 26.0 Å². The SMILES string of the molecule is CCC(CC)(CNC(=O)CC1COCCN1)c1ccccc1. The Morgan fingerprint density at radius 1 is 1.32 bits per heavy atom. The summed E-state index contributed by atoms with van der Waals surface area (Å²) in [4.78, 5) is 12.2. The zero-order valence-corrected chi connectivity index (χ0v) is 13.7. The third-order valence-corrected chi connectivity index (χ3v) is 4.79. The Hall–Kier alpha value is -1.39. The maximum atomic E-state index is 12.2. The van der Waals surface area contributed by atoms with E-state index in [4.69, 9.17) is 4.74 Å². The summed E-state index contributed by atoms with van der Waals surface area (Å²) in [5.74, 6) is 0.102. The van der Waals surface area contributed by atoms with Gasteiger partial charge in [-0.05, 0) is 18.4 Å². The molecule has 1 fully saturated rings. The topological polar surface area (TPSA) is 50.4 Å². The van der Waals surface area contributed by atoms with Crippen LogP contribution in [-0.2, 0) is 14.9 Å². The number of carbonyl (C=O) groups is 1. The maximum Gasteiger partial charge on any atom is 0.221 e. The summed E-state index contributed by atoms with van der Waals surface area (Å²) in [5, 5.41) is 6.46. The molecule has 1 aromatic rings. The van der Waals surface area contributed by atoms with Crippen molar-refractivity contribution in [1.82, 2.24) is 10.6 Å². The lowest BCUT2D eigenvalue weighted by atomic mass is 9.76. The van der Waals surface area contributed by atoms with E-state index in [1.54, 1.807) is 0 Å². The van der Waals surface area contributed by atoms with Crippen LogP contribution in [0.5, 0.6) is 0 Å². The number of rotatable bonds is 7. The smallest absolute Gasteiger partial charge is 0.221 e. The molecule has 1 unspecified atom stereocenters. The van der Waals surface area contributed by atoms with E-state index in [2.05, 4.69) is 48.7 Å². The number of nitrogens with one attached hydrogen (secondary N) is 2. The van der Waals surface area contributed by atoms with Gasteiger partial charge in [-0.1, -0.05) is 44.2 Å². The van der Waals surface area contributed by atoms with Crippen molar-refractivity contribution in [2.75, 3.05) is 26.3 Å². The highest BCUT2D eigenvalue weighted by Gasteiger charge is 2.29. The van der Waals surface area contributed by atoms with Crippen molar-refractivity contribution in [1.29, 1.82) is 0 Å². The predicted octanol–water partition coefficient (Wildman–Crippen LogP) is 2.24. The van der Waals surface area contributed by atoms with Crippen LogP contribution in [0.4, 0.5) is 0 Å². The van der Waals surface area contributed by atoms with Crippen molar-refractivity contribution in [2.45, 2.75) is 44.6 Å². The standard InChI is InChI=1S/C18H28N2O2/c1-3-18(4-2,15-8-6-5-7-9-15)14-20-17(21)12-16-13-22-11-10-19-16/h5-9,16,19H,3-4,10-14H2,1-2H3,(H,20,21). The van der Waals surface area contributed by atoms with Crippen LogP contribution in [0.15, 0.2) is 30.3 Å². The summed E-state index contributed by atoms with van der Waals surface area (Å²) in [7, 11) is 0. The zero-order chi connectivity index (χ0) is 15.8. The fourth-order valence-electron chi connectivity index (χ4n) is 3.12. The lowest BCUT2D eigenvalue weighted by Crippen LogP contribution is -2.46. The average Bonchev–Trinajstić information content (AvgIpc) is 2.58. The van der Waals surface area contributed by atoms with Crippen LogP contribution in [0, 0.1) is 0 Å². The Labute approximate surface area is 133 Å². The fourth-order valence-corrected chi connectivity index (χ4v) is 3.12. The minimum Gasteiger partial charge on any atom is -0.378 e. The number of benzene rings is 1. The van der Waals surface area contributed by atoms with Gasteiger partial charge in [-0.3, -0.25) is 4.79 Å². The minimum atomic E-state index is 0.0212. The predicted molar refractivity (Wildman–Crippen MR) is 88.9 cm³/mol. The Bertz CT molecular complexity index is 451. The number of amides is 1. The van der Waals surface area contributed by atoms with E-state index >= 15 is 0 Å². The first-order valence-corrected chi connectivity index (χ1v) is 8.33. The molecule has 0 saturated carbocycles. The molecule has 22 heavy (non-hydrogen) atoms. The molecular weight excluding hydrogens is 276 g/mol. The van der Waals surface area contributed by atoms with Crippen molar-refractivity contribution < 1.29 is 9.53 Å². The number of carbonyl (C=O) groups excluding carboxylic acids is 1. The molecule has 1 atom stereocenters. The second-order valence-electron chi connectivity index (χ2n) is 6.06. The van der Waals surface area contributed by atoms with E-state index in [1.165, 1.54) is 5.56 Å². The molecule has 4 heteroatoms. The number of ether oxygens (including phenoxy) is 1. The molecule has 1 aliphatic rings. The third kappa shape index (κ3) is 4.31. The van der Waals surface area contributed by atoms with E-state index in [9.17, 15) is 4.79 Å². The summed E-state index contributed by atoms with van der Waals surface area (Å²) in [6.45, 7) is 7.27. The normalized spacial score (nSPS) is 18.9. The number of morpholine rings is 1. The number of hydrogen-bond acceptors (Lipinski definition) is 3. The molecule has 2 rings (SSSR count). The highest BCUT2D eigenvalue weighted by atomic mass is 16.5. The van der Waals surface area contributed by atoms with Gasteiger partial charge in [-0.15, -0.1) is 0 Å². The molecule has 1 heterocycles. The number of hydrogen-bond donors (Lipinski definition) is 2. The van der Waals surface area contributed by atoms with Crippen LogP contribution < -0.4 is 10.6 Å². The molecule has 4 nitrogen and oxygen atoms in total. The van der Waals surface area contributed by atoms with Crippen molar-refractivity contribution in [3.8, 4) is 0 Å². The fraction of sp³-hybridized carbons (Fsp3) is 0.611. The van der Waals surface area contributed by atoms with E-state index < -0.39 is 0 Å². The Morgan fingerprint density at radius 3 is 2.64 bits per heavy atom. The van der Waals surface area contributed by atoms with Crippen LogP contribution >= 0.6 is 0 Å². The first-order chi connectivity index (χ1) is 10.7. The molecule has 0 radical (unpaired) electrons. The first kappa shape index (κ1) is 17.0. The maximum absolute atomic E-state index is 12.2. The van der Waals surface area contributed by atoms with Crippen LogP contribution in [0.3, 0.4) is 0 Å². The van der Waals surface area contributed by atoms with Gasteiger partial charge >= 0.3 is 0 Å². The third-order valence-electron chi connectivity index (χ3n) is 4.79. The van der Waals surface area contributed by atoms with Gasteiger partial charge in [0, 0.05) is 31.0 Å². The molecule has 1 aliphatic heterocycles. The molecule has 122 valence electrons. The molecule has 1 amide bonds. The molecule has 1 saturated heterocycles. The molecule has 0 spiro atoms. The molecule has 0 bridgehead atoms. The van der Waals surface area contributed by atoms with E-state index in [0.29, 0.717) is 19.6 Å². The highest BCUT2D eigenvalue weighted by molar-refractivity contribution is 5.76. The Balaban J connectivity index is 1.92. The van der Waals surface area contributed by atoms with Gasteiger partial charge < -0.3 is 15.4 Å². The lowest BCUT2D eigenvalue weighted by molar-refractivity contribution is -0.122. The summed E-state index contributed by atoms with van der Waals surface area (Å²) >= 11 is 0. The quantitative estimate of drug-likeness (QED) is 0.812. The van der Waals surface area contributed by atoms with Gasteiger partial charge in [0.1, 0.15) is 0 Å². The Kier molecular flexibility index (Phi) is 6.40. The summed E-state index contributed by atoms with van der Waals surface area (Å²) < 4.78 is 5.40. The average molecular weight is 304 g/mol. The highest BCUT2D eigenvalue weighted by Crippen LogP contribution is 2.30. The van der Waals surface area contributed by atoms with Crippen LogP contribution in [0.1, 0.15) is 38.7 Å². The first-order valence-electron chi connectivity index (χ1n) is 8.33. The van der Waals surface area contributed by atoms with E-state index in [-0.39, 0.29) is 17.4 Å². The van der Waals surface area contributed by atoms with Crippen molar-refractivity contribution in [3.63, 3.8) is 0 Å². The molecule has 2 N–H and O–H groups in total. The van der Waals surface area contributed by atoms with Gasteiger partial charge in [0.2, 0.25) is 5.91 Å². The Morgan fingerprint density at radius 2 is 2.05 bits per heavy atom. The summed E-state index contributed by atoms with van der Waals surface area (Å²) in [5.41, 5.74) is 1.33. The van der Waals surface area contributed by atoms with Crippen LogP contribution in [0.25, 0.3) is 0 Å². The van der Waals surface area contributed by atoms with Crippen molar-refractivity contribution >= 4 is 5.91 Å². The van der Waals surface area contributed by atoms with Crippen molar-refractivity contribution in [3.05, 3.63) is 35.9 Å². The van der Waals surface area contributed by atoms with Crippen LogP contribution in [-0.4, -0.2) is 38.3 Å². The molecular formula is C18H28N2O2. The molecule has 0 aromatic heterocycles. The molecule has 1 aromatic carbocycles. The second-order valence-corrected chi connectivity index (χ2v) is 6.06.